The summed E-state index contributed by atoms with van der Waals surface area (Å²) in [5, 5.41) is 10.3. The third kappa shape index (κ3) is 4.44. The Labute approximate surface area is 184 Å². The molecule has 2 aromatic rings. The van der Waals surface area contributed by atoms with Gasteiger partial charge in [0.25, 0.3) is 0 Å². The van der Waals surface area contributed by atoms with Crippen molar-refractivity contribution in [1.82, 2.24) is 0 Å². The smallest absolute Gasteiger partial charge is 0.489 e. The standard InChI is InChI=1S/C25H31NO5/c1-24(2,3)31-23(29)26(22(27)28)21(15-16-25(26,4)5)19-11-13-20(14-12-19)30-17-18-9-7-6-8-10-18/h6-14,21H,15-17H2,1-5H3/p+1/t21-,26?/m1/s1. The van der Waals surface area contributed by atoms with Crippen LogP contribution in [0.25, 0.3) is 0 Å². The van der Waals surface area contributed by atoms with Crippen molar-refractivity contribution in [2.24, 2.45) is 0 Å². The van der Waals surface area contributed by atoms with Crippen molar-refractivity contribution in [3.63, 3.8) is 0 Å². The predicted molar refractivity (Wildman–Crippen MR) is 118 cm³/mol. The molecule has 3 rings (SSSR count). The van der Waals surface area contributed by atoms with Crippen molar-refractivity contribution < 1.29 is 28.7 Å². The van der Waals surface area contributed by atoms with Crippen LogP contribution in [0.1, 0.15) is 64.6 Å². The molecule has 1 heterocycles. The van der Waals surface area contributed by atoms with Gasteiger partial charge >= 0.3 is 12.2 Å². The van der Waals surface area contributed by atoms with E-state index in [1.807, 2.05) is 68.4 Å². The molecule has 166 valence electrons. The predicted octanol–water partition coefficient (Wildman–Crippen LogP) is 6.31. The van der Waals surface area contributed by atoms with Gasteiger partial charge in [0.15, 0.2) is 0 Å². The van der Waals surface area contributed by atoms with Crippen LogP contribution in [-0.2, 0) is 11.3 Å². The third-order valence-corrected chi connectivity index (χ3v) is 5.95. The molecule has 2 atom stereocenters. The maximum absolute atomic E-state index is 13.3. The van der Waals surface area contributed by atoms with Crippen molar-refractivity contribution >= 4 is 12.2 Å². The average molecular weight is 427 g/mol. The number of quaternary nitrogens is 1. The molecule has 6 heteroatoms. The van der Waals surface area contributed by atoms with Crippen LogP contribution in [0, 0.1) is 0 Å². The second-order valence-corrected chi connectivity index (χ2v) is 9.70. The minimum absolute atomic E-state index is 0.448. The quantitative estimate of drug-likeness (QED) is 0.580. The van der Waals surface area contributed by atoms with E-state index < -0.39 is 33.9 Å². The maximum atomic E-state index is 13.3. The van der Waals surface area contributed by atoms with Crippen LogP contribution < -0.4 is 4.74 Å². The number of likely N-dealkylation sites (tertiary alicyclic amines) is 1. The van der Waals surface area contributed by atoms with Crippen molar-refractivity contribution in [2.75, 3.05) is 0 Å². The first-order chi connectivity index (χ1) is 14.5. The van der Waals surface area contributed by atoms with E-state index in [4.69, 9.17) is 9.47 Å². The van der Waals surface area contributed by atoms with Crippen LogP contribution in [0.15, 0.2) is 54.6 Å². The molecule has 1 unspecified atom stereocenters. The number of amides is 2. The Kier molecular flexibility index (Phi) is 6.14. The number of carboxylic acid groups (broad SMARTS) is 1. The Bertz CT molecular complexity index is 931. The van der Waals surface area contributed by atoms with Gasteiger partial charge in [0.1, 0.15) is 29.5 Å². The van der Waals surface area contributed by atoms with E-state index in [-0.39, 0.29) is 0 Å². The molecule has 6 nitrogen and oxygen atoms in total. The van der Waals surface area contributed by atoms with Crippen LogP contribution in [0.2, 0.25) is 0 Å². The molecule has 1 aliphatic heterocycles. The molecule has 0 bridgehead atoms. The van der Waals surface area contributed by atoms with Crippen molar-refractivity contribution in [3.05, 3.63) is 65.7 Å². The summed E-state index contributed by atoms with van der Waals surface area (Å²) in [5.41, 5.74) is 0.263. The minimum Gasteiger partial charge on any atom is -0.489 e. The van der Waals surface area contributed by atoms with E-state index in [1.165, 1.54) is 0 Å². The van der Waals surface area contributed by atoms with Crippen LogP contribution in [0.3, 0.4) is 0 Å². The lowest BCUT2D eigenvalue weighted by atomic mass is 10.0. The van der Waals surface area contributed by atoms with Gasteiger partial charge in [-0.15, -0.1) is 4.48 Å². The van der Waals surface area contributed by atoms with Gasteiger partial charge in [-0.25, -0.2) is 0 Å². The van der Waals surface area contributed by atoms with Crippen molar-refractivity contribution in [2.45, 2.75) is 71.2 Å². The van der Waals surface area contributed by atoms with Crippen molar-refractivity contribution in [1.29, 1.82) is 0 Å². The molecule has 0 aliphatic carbocycles. The molecule has 0 aromatic heterocycles. The minimum atomic E-state index is -1.19. The van der Waals surface area contributed by atoms with E-state index in [9.17, 15) is 14.7 Å². The summed E-state index contributed by atoms with van der Waals surface area (Å²) in [6.07, 6.45) is -0.749. The highest BCUT2D eigenvalue weighted by atomic mass is 16.6. The van der Waals surface area contributed by atoms with E-state index in [0.717, 1.165) is 11.1 Å². The summed E-state index contributed by atoms with van der Waals surface area (Å²) < 4.78 is 10.7. The lowest BCUT2D eigenvalue weighted by molar-refractivity contribution is -0.852. The highest BCUT2D eigenvalue weighted by molar-refractivity contribution is 5.77. The first-order valence-corrected chi connectivity index (χ1v) is 10.6. The molecule has 1 fully saturated rings. The highest BCUT2D eigenvalue weighted by Crippen LogP contribution is 2.51. The third-order valence-electron chi connectivity index (χ3n) is 5.95. The van der Waals surface area contributed by atoms with E-state index in [0.29, 0.717) is 25.2 Å². The molecule has 31 heavy (non-hydrogen) atoms. The molecular formula is C25H32NO5+. The van der Waals surface area contributed by atoms with Gasteiger partial charge in [-0.2, -0.15) is 9.59 Å². The summed E-state index contributed by atoms with van der Waals surface area (Å²) in [6.45, 7) is 9.34. The SMILES string of the molecule is CC(C)(C)OC(=O)[N+]1(C(=O)O)[C@@H](c2ccc(OCc3ccccc3)cc2)CCC1(C)C. The molecule has 2 amide bonds. The number of nitrogens with zero attached hydrogens (tertiary/aromatic N) is 1. The van der Waals surface area contributed by atoms with Crippen LogP contribution >= 0.6 is 0 Å². The fourth-order valence-corrected chi connectivity index (χ4v) is 4.38. The van der Waals surface area contributed by atoms with Gasteiger partial charge in [-0.3, -0.25) is 0 Å². The zero-order chi connectivity index (χ0) is 22.9. The average Bonchev–Trinajstić information content (AvgIpc) is 2.98. The number of ether oxygens (including phenoxy) is 2. The molecule has 1 aliphatic rings. The Balaban J connectivity index is 1.89. The summed E-state index contributed by atoms with van der Waals surface area (Å²) in [4.78, 5) is 25.9. The number of hydrogen-bond donors (Lipinski definition) is 1. The van der Waals surface area contributed by atoms with Crippen LogP contribution in [-0.4, -0.2) is 32.9 Å². The molecular weight excluding hydrogens is 394 g/mol. The summed E-state index contributed by atoms with van der Waals surface area (Å²) in [7, 11) is 0. The molecule has 2 aromatic carbocycles. The second kappa shape index (κ2) is 8.35. The number of rotatable bonds is 4. The number of hydrogen-bond acceptors (Lipinski definition) is 4. The van der Waals surface area contributed by atoms with Gasteiger partial charge in [0, 0.05) is 18.4 Å². The second-order valence-electron chi connectivity index (χ2n) is 9.70. The monoisotopic (exact) mass is 426 g/mol. The van der Waals surface area contributed by atoms with Crippen molar-refractivity contribution in [3.8, 4) is 5.75 Å². The molecule has 0 saturated carbocycles. The fourth-order valence-electron chi connectivity index (χ4n) is 4.38. The Morgan fingerprint density at radius 3 is 2.23 bits per heavy atom. The zero-order valence-electron chi connectivity index (χ0n) is 18.9. The number of benzene rings is 2. The summed E-state index contributed by atoms with van der Waals surface area (Å²) in [6, 6.07) is 16.7. The first-order valence-electron chi connectivity index (χ1n) is 10.6. The van der Waals surface area contributed by atoms with Gasteiger partial charge in [-0.05, 0) is 64.4 Å². The Hall–Kier alpha value is -2.86. The van der Waals surface area contributed by atoms with E-state index in [2.05, 4.69) is 0 Å². The molecule has 1 saturated heterocycles. The van der Waals surface area contributed by atoms with Gasteiger partial charge in [-0.1, -0.05) is 30.3 Å². The highest BCUT2D eigenvalue weighted by Gasteiger charge is 2.68. The van der Waals surface area contributed by atoms with Gasteiger partial charge < -0.3 is 14.6 Å². The molecule has 0 radical (unpaired) electrons. The number of carbonyl (C=O) groups is 2. The number of imide groups is 1. The summed E-state index contributed by atoms with van der Waals surface area (Å²) in [5.74, 6) is 0.690. The van der Waals surface area contributed by atoms with Crippen LogP contribution in [0.5, 0.6) is 5.75 Å². The van der Waals surface area contributed by atoms with E-state index >= 15 is 0 Å². The fraction of sp³-hybridized carbons (Fsp3) is 0.440. The van der Waals surface area contributed by atoms with Gasteiger partial charge in [0.2, 0.25) is 0 Å². The first kappa shape index (κ1) is 22.8. The largest absolute Gasteiger partial charge is 0.528 e. The zero-order valence-corrected chi connectivity index (χ0v) is 18.9. The van der Waals surface area contributed by atoms with E-state index in [1.54, 1.807) is 20.8 Å². The topological polar surface area (TPSA) is 72.8 Å². The normalized spacial score (nSPS) is 22.7. The number of carbonyl (C=O) groups excluding carboxylic acids is 1. The lowest BCUT2D eigenvalue weighted by Gasteiger charge is -2.41. The molecule has 0 spiro atoms. The maximum Gasteiger partial charge on any atom is 0.528 e. The Morgan fingerprint density at radius 2 is 1.68 bits per heavy atom. The van der Waals surface area contributed by atoms with Gasteiger partial charge in [0.05, 0.1) is 0 Å². The molecule has 1 N–H and O–H groups in total. The Morgan fingerprint density at radius 1 is 1.06 bits per heavy atom. The summed E-state index contributed by atoms with van der Waals surface area (Å²) >= 11 is 0. The van der Waals surface area contributed by atoms with Crippen LogP contribution in [0.4, 0.5) is 9.59 Å². The lowest BCUT2D eigenvalue weighted by Crippen LogP contribution is -2.66.